The molecular weight excluding hydrogens is 392 g/mol. The smallest absolute Gasteiger partial charge is 0.132 e. The van der Waals surface area contributed by atoms with E-state index in [1.165, 1.54) is 51.0 Å². The highest BCUT2D eigenvalue weighted by molar-refractivity contribution is 5.59. The van der Waals surface area contributed by atoms with E-state index in [1.54, 1.807) is 0 Å². The lowest BCUT2D eigenvalue weighted by molar-refractivity contribution is 0.227. The molecule has 3 rings (SSSR count). The zero-order valence-corrected chi connectivity index (χ0v) is 19.9. The number of rotatable bonds is 7. The fraction of sp³-hybridized carbons (Fsp3) is 0.500. The van der Waals surface area contributed by atoms with Gasteiger partial charge in [0.25, 0.3) is 0 Å². The fourth-order valence-corrected chi connectivity index (χ4v) is 4.78. The molecule has 2 aliphatic rings. The largest absolute Gasteiger partial charge is 0.375 e. The molecule has 1 saturated heterocycles. The summed E-state index contributed by atoms with van der Waals surface area (Å²) >= 11 is 0. The van der Waals surface area contributed by atoms with E-state index >= 15 is 0 Å². The number of benzene rings is 1. The van der Waals surface area contributed by atoms with E-state index in [-0.39, 0.29) is 11.0 Å². The summed E-state index contributed by atoms with van der Waals surface area (Å²) in [5, 5.41) is 18.5. The van der Waals surface area contributed by atoms with E-state index in [0.717, 1.165) is 36.1 Å². The number of anilines is 1. The zero-order chi connectivity index (χ0) is 23.0. The highest BCUT2D eigenvalue weighted by Gasteiger charge is 2.26. The second-order valence-corrected chi connectivity index (χ2v) is 9.96. The van der Waals surface area contributed by atoms with Crippen molar-refractivity contribution in [3.63, 3.8) is 0 Å². The molecule has 0 radical (unpaired) electrons. The van der Waals surface area contributed by atoms with Crippen LogP contribution in [0, 0.1) is 28.1 Å². The molecule has 0 N–H and O–H groups in total. The molecule has 0 bridgehead atoms. The molecule has 0 unspecified atom stereocenters. The molecule has 4 nitrogen and oxygen atoms in total. The second kappa shape index (κ2) is 11.2. The van der Waals surface area contributed by atoms with Crippen molar-refractivity contribution in [1.82, 2.24) is 4.90 Å². The summed E-state index contributed by atoms with van der Waals surface area (Å²) in [7, 11) is 2.17. The number of piperidine rings is 1. The Morgan fingerprint density at radius 3 is 2.38 bits per heavy atom. The van der Waals surface area contributed by atoms with Crippen molar-refractivity contribution < 1.29 is 0 Å². The van der Waals surface area contributed by atoms with Gasteiger partial charge < -0.3 is 9.80 Å². The van der Waals surface area contributed by atoms with Crippen molar-refractivity contribution >= 4 is 11.8 Å². The van der Waals surface area contributed by atoms with Gasteiger partial charge in [0.15, 0.2) is 0 Å². The molecule has 32 heavy (non-hydrogen) atoms. The molecule has 1 fully saturated rings. The Kier molecular flexibility index (Phi) is 8.32. The first-order valence-electron chi connectivity index (χ1n) is 11.9. The summed E-state index contributed by atoms with van der Waals surface area (Å²) in [6.45, 7) is 9.19. The van der Waals surface area contributed by atoms with Gasteiger partial charge in [-0.15, -0.1) is 0 Å². The van der Waals surface area contributed by atoms with Crippen molar-refractivity contribution in [2.45, 2.75) is 52.4 Å². The third kappa shape index (κ3) is 6.84. The molecule has 1 aliphatic heterocycles. The van der Waals surface area contributed by atoms with E-state index in [4.69, 9.17) is 0 Å². The van der Waals surface area contributed by atoms with Crippen LogP contribution in [0.1, 0.15) is 57.9 Å². The number of hydrogen-bond donors (Lipinski definition) is 0. The van der Waals surface area contributed by atoms with Gasteiger partial charge in [-0.05, 0) is 86.0 Å². The Balaban J connectivity index is 1.59. The Bertz CT molecular complexity index is 929. The lowest BCUT2D eigenvalue weighted by Gasteiger charge is -2.30. The third-order valence-corrected chi connectivity index (χ3v) is 6.50. The van der Waals surface area contributed by atoms with Gasteiger partial charge in [-0.1, -0.05) is 50.6 Å². The number of nitrogens with zero attached hydrogens (tertiary/aromatic N) is 4. The quantitative estimate of drug-likeness (QED) is 0.492. The molecule has 0 spiro atoms. The summed E-state index contributed by atoms with van der Waals surface area (Å²) in [4.78, 5) is 4.94. The van der Waals surface area contributed by atoms with Crippen LogP contribution < -0.4 is 4.90 Å². The minimum Gasteiger partial charge on any atom is -0.375 e. The van der Waals surface area contributed by atoms with Gasteiger partial charge in [0.2, 0.25) is 0 Å². The van der Waals surface area contributed by atoms with Crippen molar-refractivity contribution in [1.29, 1.82) is 10.5 Å². The summed E-state index contributed by atoms with van der Waals surface area (Å²) in [5.74, 6) is 0. The van der Waals surface area contributed by atoms with Crippen LogP contribution in [0.5, 0.6) is 0 Å². The Labute approximate surface area is 194 Å². The lowest BCUT2D eigenvalue weighted by atomic mass is 9.74. The third-order valence-electron chi connectivity index (χ3n) is 6.50. The number of hydrogen-bond acceptors (Lipinski definition) is 4. The predicted molar refractivity (Wildman–Crippen MR) is 133 cm³/mol. The van der Waals surface area contributed by atoms with Crippen LogP contribution in [-0.4, -0.2) is 38.1 Å². The summed E-state index contributed by atoms with van der Waals surface area (Å²) < 4.78 is 0. The van der Waals surface area contributed by atoms with Gasteiger partial charge in [0.1, 0.15) is 17.7 Å². The minimum absolute atomic E-state index is 0.0451. The van der Waals surface area contributed by atoms with Crippen molar-refractivity contribution in [3.05, 3.63) is 58.7 Å². The Morgan fingerprint density at radius 1 is 1.03 bits per heavy atom. The standard InChI is InChI=1S/C28H36N4/c1-28(2)19-24(18-25(20-28)26(21-29)22-30)9-8-23-10-12-27(13-11-23)31(3)14-7-17-32-15-5-4-6-16-32/h8-13,18H,4-7,14-17,19-20H2,1-3H3/b9-8+. The molecular formula is C28H36N4. The van der Waals surface area contributed by atoms with Crippen LogP contribution in [0.2, 0.25) is 0 Å². The Morgan fingerprint density at radius 2 is 1.72 bits per heavy atom. The average molecular weight is 429 g/mol. The first-order chi connectivity index (χ1) is 15.4. The molecule has 1 aliphatic carbocycles. The van der Waals surface area contributed by atoms with E-state index in [1.807, 2.05) is 18.2 Å². The first-order valence-corrected chi connectivity index (χ1v) is 11.9. The van der Waals surface area contributed by atoms with Crippen LogP contribution in [0.4, 0.5) is 5.69 Å². The molecule has 168 valence electrons. The molecule has 1 aromatic rings. The molecule has 0 saturated carbocycles. The van der Waals surface area contributed by atoms with Gasteiger partial charge in [0, 0.05) is 19.3 Å². The first kappa shape index (κ1) is 23.8. The van der Waals surface area contributed by atoms with Crippen molar-refractivity contribution in [2.24, 2.45) is 5.41 Å². The maximum atomic E-state index is 9.25. The van der Waals surface area contributed by atoms with Gasteiger partial charge in [-0.25, -0.2) is 0 Å². The summed E-state index contributed by atoms with van der Waals surface area (Å²) in [5.41, 5.74) is 4.70. The molecule has 4 heteroatoms. The topological polar surface area (TPSA) is 54.1 Å². The van der Waals surface area contributed by atoms with Crippen LogP contribution in [0.25, 0.3) is 6.08 Å². The van der Waals surface area contributed by atoms with Gasteiger partial charge in [0.05, 0.1) is 0 Å². The van der Waals surface area contributed by atoms with Crippen LogP contribution in [0.3, 0.4) is 0 Å². The number of allylic oxidation sites excluding steroid dienone is 5. The summed E-state index contributed by atoms with van der Waals surface area (Å²) in [6, 6.07) is 12.8. The number of likely N-dealkylation sites (tertiary alicyclic amines) is 1. The van der Waals surface area contributed by atoms with Crippen molar-refractivity contribution in [2.75, 3.05) is 38.1 Å². The monoisotopic (exact) mass is 428 g/mol. The normalized spacial score (nSPS) is 18.7. The van der Waals surface area contributed by atoms with E-state index in [0.29, 0.717) is 0 Å². The predicted octanol–water partition coefficient (Wildman–Crippen LogP) is 6.10. The maximum Gasteiger partial charge on any atom is 0.132 e. The molecule has 0 aromatic heterocycles. The second-order valence-electron chi connectivity index (χ2n) is 9.96. The van der Waals surface area contributed by atoms with Crippen molar-refractivity contribution in [3.8, 4) is 12.1 Å². The maximum absolute atomic E-state index is 9.25. The van der Waals surface area contributed by atoms with Crippen LogP contribution in [0.15, 0.2) is 53.1 Å². The highest BCUT2D eigenvalue weighted by atomic mass is 15.1. The zero-order valence-electron chi connectivity index (χ0n) is 19.9. The van der Waals surface area contributed by atoms with E-state index in [9.17, 15) is 10.5 Å². The van der Waals surface area contributed by atoms with E-state index < -0.39 is 0 Å². The van der Waals surface area contributed by atoms with Crippen LogP contribution >= 0.6 is 0 Å². The van der Waals surface area contributed by atoms with E-state index in [2.05, 4.69) is 67.1 Å². The van der Waals surface area contributed by atoms with Crippen LogP contribution in [-0.2, 0) is 0 Å². The van der Waals surface area contributed by atoms with Gasteiger partial charge >= 0.3 is 0 Å². The average Bonchev–Trinajstić information content (AvgIpc) is 2.78. The van der Waals surface area contributed by atoms with Gasteiger partial charge in [-0.3, -0.25) is 0 Å². The molecule has 0 amide bonds. The molecule has 1 aromatic carbocycles. The molecule has 1 heterocycles. The summed E-state index contributed by atoms with van der Waals surface area (Å²) in [6.07, 6.45) is 13.3. The number of nitriles is 2. The Hall–Kier alpha value is -2.82. The minimum atomic E-state index is 0.0451. The highest BCUT2D eigenvalue weighted by Crippen LogP contribution is 2.39. The lowest BCUT2D eigenvalue weighted by Crippen LogP contribution is -2.32. The SMILES string of the molecule is CN(CCCN1CCCCC1)c1ccc(/C=C/C2=CC(=C(C#N)C#N)CC(C)(C)C2)cc1. The van der Waals surface area contributed by atoms with Gasteiger partial charge in [-0.2, -0.15) is 10.5 Å². The fourth-order valence-electron chi connectivity index (χ4n) is 4.78. The molecule has 0 atom stereocenters.